The summed E-state index contributed by atoms with van der Waals surface area (Å²) in [4.78, 5) is 2.28. The van der Waals surface area contributed by atoms with Crippen LogP contribution in [0.2, 0.25) is 0 Å². The van der Waals surface area contributed by atoms with Gasteiger partial charge in [0, 0.05) is 33.5 Å². The van der Waals surface area contributed by atoms with E-state index in [1.807, 2.05) is 31.2 Å². The number of nitrogens with two attached hydrogens (primary N) is 1. The van der Waals surface area contributed by atoms with Crippen LogP contribution in [0.4, 0.5) is 22.7 Å². The predicted molar refractivity (Wildman–Crippen MR) is 122 cm³/mol. The summed E-state index contributed by atoms with van der Waals surface area (Å²) in [5, 5.41) is 2.12. The summed E-state index contributed by atoms with van der Waals surface area (Å²) >= 11 is 0. The number of fused-ring (bicyclic) bond motifs is 3. The van der Waals surface area contributed by atoms with Gasteiger partial charge in [-0.25, -0.2) is 0 Å². The number of benzene rings is 4. The Kier molecular flexibility index (Phi) is 4.02. The van der Waals surface area contributed by atoms with E-state index in [1.165, 1.54) is 0 Å². The van der Waals surface area contributed by atoms with Crippen molar-refractivity contribution in [2.45, 2.75) is 13.8 Å². The van der Waals surface area contributed by atoms with Gasteiger partial charge >= 0.3 is 0 Å². The van der Waals surface area contributed by atoms with Crippen LogP contribution in [0.3, 0.4) is 0 Å². The van der Waals surface area contributed by atoms with Gasteiger partial charge in [-0.2, -0.15) is 0 Å². The largest absolute Gasteiger partial charge is 0.456 e. The van der Waals surface area contributed by atoms with E-state index >= 15 is 0 Å². The minimum Gasteiger partial charge on any atom is -0.456 e. The molecule has 0 radical (unpaired) electrons. The smallest absolute Gasteiger partial charge is 0.135 e. The first-order valence-corrected chi connectivity index (χ1v) is 9.75. The van der Waals surface area contributed by atoms with Crippen LogP contribution in [-0.2, 0) is 0 Å². The van der Waals surface area contributed by atoms with Gasteiger partial charge < -0.3 is 15.1 Å². The average Bonchev–Trinajstić information content (AvgIpc) is 3.06. The molecular formula is C26H22N2O. The molecule has 2 N–H and O–H groups in total. The minimum atomic E-state index is 0.783. The second-order valence-electron chi connectivity index (χ2n) is 7.45. The second-order valence-corrected chi connectivity index (χ2v) is 7.45. The number of nitrogens with zero attached hydrogens (tertiary/aromatic N) is 1. The molecule has 0 spiro atoms. The molecule has 5 rings (SSSR count). The van der Waals surface area contributed by atoms with Gasteiger partial charge in [-0.15, -0.1) is 0 Å². The number of nitrogen functional groups attached to an aromatic ring is 1. The quantitative estimate of drug-likeness (QED) is 0.336. The number of para-hydroxylation sites is 2. The van der Waals surface area contributed by atoms with Crippen molar-refractivity contribution in [3.63, 3.8) is 0 Å². The van der Waals surface area contributed by atoms with Crippen LogP contribution < -0.4 is 10.6 Å². The normalized spacial score (nSPS) is 11.2. The highest BCUT2D eigenvalue weighted by Crippen LogP contribution is 2.41. The third kappa shape index (κ3) is 2.92. The molecule has 5 aromatic rings. The standard InChI is InChI=1S/C26H22N2O/c1-17-13-25-21(15-23(17)27)22-16-24(18(2)14-26(22)29-25)28(19-9-5-3-6-10-19)20-11-7-4-8-12-20/h3-16H,27H2,1-2H3. The zero-order valence-electron chi connectivity index (χ0n) is 16.5. The summed E-state index contributed by atoms with van der Waals surface area (Å²) < 4.78 is 6.14. The van der Waals surface area contributed by atoms with Crippen molar-refractivity contribution < 1.29 is 4.42 Å². The highest BCUT2D eigenvalue weighted by Gasteiger charge is 2.18. The lowest BCUT2D eigenvalue weighted by Gasteiger charge is -2.27. The van der Waals surface area contributed by atoms with Gasteiger partial charge in [0.25, 0.3) is 0 Å². The molecule has 0 aliphatic carbocycles. The Morgan fingerprint density at radius 1 is 0.655 bits per heavy atom. The van der Waals surface area contributed by atoms with E-state index < -0.39 is 0 Å². The molecule has 0 saturated heterocycles. The fourth-order valence-corrected chi connectivity index (χ4v) is 3.90. The molecule has 0 bridgehead atoms. The summed E-state index contributed by atoms with van der Waals surface area (Å²) in [6.07, 6.45) is 0. The number of furan rings is 1. The second kappa shape index (κ2) is 6.71. The SMILES string of the molecule is Cc1cc2oc3cc(C)c(N(c4ccccc4)c4ccccc4)cc3c2cc1N. The molecule has 3 heteroatoms. The molecule has 0 amide bonds. The van der Waals surface area contributed by atoms with Crippen LogP contribution in [0.1, 0.15) is 11.1 Å². The first kappa shape index (κ1) is 17.4. The Hall–Kier alpha value is -3.72. The molecule has 1 heterocycles. The zero-order valence-corrected chi connectivity index (χ0v) is 16.5. The molecule has 0 aliphatic heterocycles. The van der Waals surface area contributed by atoms with Crippen LogP contribution in [-0.4, -0.2) is 0 Å². The maximum absolute atomic E-state index is 6.19. The predicted octanol–water partition coefficient (Wildman–Crippen LogP) is 7.25. The van der Waals surface area contributed by atoms with Crippen molar-refractivity contribution in [1.29, 1.82) is 0 Å². The Labute approximate surface area is 170 Å². The maximum Gasteiger partial charge on any atom is 0.135 e. The molecule has 0 aliphatic rings. The summed E-state index contributed by atoms with van der Waals surface area (Å²) in [7, 11) is 0. The highest BCUT2D eigenvalue weighted by molar-refractivity contribution is 6.08. The van der Waals surface area contributed by atoms with E-state index in [-0.39, 0.29) is 0 Å². The average molecular weight is 378 g/mol. The summed E-state index contributed by atoms with van der Waals surface area (Å²) in [5.74, 6) is 0. The van der Waals surface area contributed by atoms with Crippen molar-refractivity contribution in [2.24, 2.45) is 0 Å². The van der Waals surface area contributed by atoms with Gasteiger partial charge in [-0.3, -0.25) is 0 Å². The van der Waals surface area contributed by atoms with Gasteiger partial charge in [0.1, 0.15) is 11.2 Å². The van der Waals surface area contributed by atoms with E-state index in [9.17, 15) is 0 Å². The van der Waals surface area contributed by atoms with E-state index in [0.29, 0.717) is 0 Å². The van der Waals surface area contributed by atoms with E-state index in [4.69, 9.17) is 10.2 Å². The molecule has 0 fully saturated rings. The molecule has 4 aromatic carbocycles. The number of rotatable bonds is 3. The van der Waals surface area contributed by atoms with Crippen molar-refractivity contribution in [2.75, 3.05) is 10.6 Å². The fraction of sp³-hybridized carbons (Fsp3) is 0.0769. The van der Waals surface area contributed by atoms with Gasteiger partial charge in [-0.05, 0) is 73.5 Å². The summed E-state index contributed by atoms with van der Waals surface area (Å²) in [6.45, 7) is 4.13. The Morgan fingerprint density at radius 3 is 1.76 bits per heavy atom. The Morgan fingerprint density at radius 2 is 1.17 bits per heavy atom. The van der Waals surface area contributed by atoms with Crippen LogP contribution in [0.25, 0.3) is 21.9 Å². The van der Waals surface area contributed by atoms with Gasteiger partial charge in [0.2, 0.25) is 0 Å². The molecule has 0 atom stereocenters. The van der Waals surface area contributed by atoms with E-state index in [0.717, 1.165) is 55.8 Å². The van der Waals surface area contributed by atoms with Gasteiger partial charge in [0.05, 0.1) is 0 Å². The minimum absolute atomic E-state index is 0.783. The van der Waals surface area contributed by atoms with Crippen LogP contribution >= 0.6 is 0 Å². The fourth-order valence-electron chi connectivity index (χ4n) is 3.90. The van der Waals surface area contributed by atoms with Crippen molar-refractivity contribution in [1.82, 2.24) is 0 Å². The number of hydrogen-bond donors (Lipinski definition) is 1. The maximum atomic E-state index is 6.19. The molecular weight excluding hydrogens is 356 g/mol. The molecule has 0 saturated carbocycles. The van der Waals surface area contributed by atoms with Crippen LogP contribution in [0.5, 0.6) is 0 Å². The lowest BCUT2D eigenvalue weighted by atomic mass is 10.0. The topological polar surface area (TPSA) is 42.4 Å². The van der Waals surface area contributed by atoms with Crippen molar-refractivity contribution in [3.05, 3.63) is 96.1 Å². The van der Waals surface area contributed by atoms with Crippen molar-refractivity contribution >= 4 is 44.7 Å². The van der Waals surface area contributed by atoms with Crippen molar-refractivity contribution in [3.8, 4) is 0 Å². The van der Waals surface area contributed by atoms with Gasteiger partial charge in [0.15, 0.2) is 0 Å². The van der Waals surface area contributed by atoms with Crippen LogP contribution in [0.15, 0.2) is 89.3 Å². The lowest BCUT2D eigenvalue weighted by Crippen LogP contribution is -2.11. The zero-order chi connectivity index (χ0) is 20.0. The van der Waals surface area contributed by atoms with E-state index in [2.05, 4.69) is 72.5 Å². The Bertz CT molecular complexity index is 1280. The summed E-state index contributed by atoms with van der Waals surface area (Å²) in [6, 6.07) is 29.2. The molecule has 29 heavy (non-hydrogen) atoms. The first-order chi connectivity index (χ1) is 14.1. The Balaban J connectivity index is 1.80. The first-order valence-electron chi connectivity index (χ1n) is 9.75. The lowest BCUT2D eigenvalue weighted by molar-refractivity contribution is 0.668. The van der Waals surface area contributed by atoms with Gasteiger partial charge in [-0.1, -0.05) is 36.4 Å². The highest BCUT2D eigenvalue weighted by atomic mass is 16.3. The number of hydrogen-bond acceptors (Lipinski definition) is 3. The number of aryl methyl sites for hydroxylation is 2. The monoisotopic (exact) mass is 378 g/mol. The molecule has 3 nitrogen and oxygen atoms in total. The third-order valence-corrected chi connectivity index (χ3v) is 5.45. The molecule has 1 aromatic heterocycles. The summed E-state index contributed by atoms with van der Waals surface area (Å²) in [5.41, 5.74) is 14.3. The van der Waals surface area contributed by atoms with Crippen LogP contribution in [0, 0.1) is 13.8 Å². The number of anilines is 4. The molecule has 0 unspecified atom stereocenters. The molecule has 142 valence electrons. The third-order valence-electron chi connectivity index (χ3n) is 5.45. The van der Waals surface area contributed by atoms with E-state index in [1.54, 1.807) is 0 Å².